The number of carbonyl (C=O) groups excluding carboxylic acids is 1. The largest absolute Gasteiger partial charge is 0.497 e. The molecule has 7 heteroatoms. The summed E-state index contributed by atoms with van der Waals surface area (Å²) in [7, 11) is -2.23. The number of sulfonamides is 1. The average Bonchev–Trinajstić information content (AvgIpc) is 3.46. The second-order valence-electron chi connectivity index (χ2n) is 7.82. The topological polar surface area (TPSA) is 84.5 Å². The van der Waals surface area contributed by atoms with Crippen molar-refractivity contribution in [2.24, 2.45) is 17.8 Å². The highest BCUT2D eigenvalue weighted by molar-refractivity contribution is 7.89. The highest BCUT2D eigenvalue weighted by Gasteiger charge is 2.42. The number of benzene rings is 1. The Morgan fingerprint density at radius 3 is 2.48 bits per heavy atom. The summed E-state index contributed by atoms with van der Waals surface area (Å²) in [6, 6.07) is 5.27. The molecule has 2 saturated carbocycles. The van der Waals surface area contributed by atoms with Crippen molar-refractivity contribution >= 4 is 15.9 Å². The van der Waals surface area contributed by atoms with Gasteiger partial charge in [0.05, 0.1) is 18.0 Å². The lowest BCUT2D eigenvalue weighted by Gasteiger charge is -2.21. The molecule has 2 N–H and O–H groups in total. The molecule has 27 heavy (non-hydrogen) atoms. The highest BCUT2D eigenvalue weighted by Crippen LogP contribution is 2.48. The molecule has 1 aromatic carbocycles. The number of nitrogens with one attached hydrogen (secondary N) is 2. The quantitative estimate of drug-likeness (QED) is 0.710. The van der Waals surface area contributed by atoms with Crippen molar-refractivity contribution in [3.63, 3.8) is 0 Å². The lowest BCUT2D eigenvalue weighted by Crippen LogP contribution is -2.45. The molecule has 0 saturated heterocycles. The van der Waals surface area contributed by atoms with Crippen LogP contribution < -0.4 is 14.8 Å². The monoisotopic (exact) mass is 394 g/mol. The van der Waals surface area contributed by atoms with Gasteiger partial charge in [0.2, 0.25) is 15.9 Å². The fourth-order valence-corrected chi connectivity index (χ4v) is 5.34. The molecular formula is C20H30N2O4S. The predicted molar refractivity (Wildman–Crippen MR) is 104 cm³/mol. The number of hydrogen-bond acceptors (Lipinski definition) is 4. The van der Waals surface area contributed by atoms with Gasteiger partial charge in [-0.2, -0.15) is 4.72 Å². The molecule has 150 valence electrons. The summed E-state index contributed by atoms with van der Waals surface area (Å²) in [6.07, 6.45) is 7.88. The van der Waals surface area contributed by atoms with E-state index in [0.717, 1.165) is 11.8 Å². The smallest absolute Gasteiger partial charge is 0.241 e. The number of rotatable bonds is 8. The van der Waals surface area contributed by atoms with E-state index in [1.54, 1.807) is 19.1 Å². The lowest BCUT2D eigenvalue weighted by atomic mass is 9.85. The number of hydrogen-bond donors (Lipinski definition) is 2. The first-order valence-electron chi connectivity index (χ1n) is 9.85. The van der Waals surface area contributed by atoms with Crippen LogP contribution in [-0.4, -0.2) is 34.0 Å². The molecule has 0 aromatic heterocycles. The van der Waals surface area contributed by atoms with Gasteiger partial charge in [0.1, 0.15) is 5.75 Å². The molecule has 2 unspecified atom stereocenters. The lowest BCUT2D eigenvalue weighted by molar-refractivity contribution is -0.122. The van der Waals surface area contributed by atoms with Crippen LogP contribution in [0.3, 0.4) is 0 Å². The Kier molecular flexibility index (Phi) is 6.42. The van der Waals surface area contributed by atoms with Crippen molar-refractivity contribution < 1.29 is 17.9 Å². The third-order valence-corrected chi connectivity index (χ3v) is 7.42. The minimum atomic E-state index is -3.75. The van der Waals surface area contributed by atoms with Gasteiger partial charge in [-0.05, 0) is 55.4 Å². The molecule has 2 fully saturated rings. The normalized spacial score (nSPS) is 24.2. The molecule has 1 aromatic rings. The van der Waals surface area contributed by atoms with E-state index in [2.05, 4.69) is 10.0 Å². The minimum Gasteiger partial charge on any atom is -0.497 e. The molecule has 0 aliphatic heterocycles. The Morgan fingerprint density at radius 1 is 1.19 bits per heavy atom. The summed E-state index contributed by atoms with van der Waals surface area (Å²) in [5, 5.41) is 2.92. The summed E-state index contributed by atoms with van der Waals surface area (Å²) >= 11 is 0. The van der Waals surface area contributed by atoms with Gasteiger partial charge in [-0.25, -0.2) is 8.42 Å². The Morgan fingerprint density at radius 2 is 1.85 bits per heavy atom. The maximum Gasteiger partial charge on any atom is 0.241 e. The van der Waals surface area contributed by atoms with E-state index in [0.29, 0.717) is 18.2 Å². The van der Waals surface area contributed by atoms with Crippen molar-refractivity contribution in [2.75, 3.05) is 13.7 Å². The van der Waals surface area contributed by atoms with Gasteiger partial charge in [-0.1, -0.05) is 32.1 Å². The van der Waals surface area contributed by atoms with Crippen molar-refractivity contribution in [3.8, 4) is 5.75 Å². The molecule has 2 aliphatic rings. The molecule has 0 radical (unpaired) electrons. The number of methoxy groups -OCH3 is 1. The van der Waals surface area contributed by atoms with Crippen molar-refractivity contribution in [1.29, 1.82) is 0 Å². The first kappa shape index (κ1) is 20.1. The van der Waals surface area contributed by atoms with Gasteiger partial charge in [0, 0.05) is 6.54 Å². The third kappa shape index (κ3) is 5.23. The zero-order valence-electron chi connectivity index (χ0n) is 16.1. The number of ether oxygens (including phenoxy) is 1. The molecule has 6 nitrogen and oxygen atoms in total. The standard InChI is InChI=1S/C20H30N2O4S/c1-14(22-27(24,25)18-10-8-17(26-2)9-11-18)20(23)21-13-16-12-19(16)15-6-4-3-5-7-15/h8-11,14-16,19,22H,3-7,12-13H2,1-2H3,(H,21,23)/t14-,16?,19?/m0/s1. The van der Waals surface area contributed by atoms with Crippen LogP contribution in [0.5, 0.6) is 5.75 Å². The summed E-state index contributed by atoms with van der Waals surface area (Å²) in [5.41, 5.74) is 0. The maximum atomic E-state index is 12.4. The zero-order valence-corrected chi connectivity index (χ0v) is 16.9. The van der Waals surface area contributed by atoms with Crippen LogP contribution >= 0.6 is 0 Å². The molecule has 3 rings (SSSR count). The summed E-state index contributed by atoms with van der Waals surface area (Å²) in [4.78, 5) is 12.4. The van der Waals surface area contributed by atoms with Gasteiger partial charge in [0.25, 0.3) is 0 Å². The Balaban J connectivity index is 1.45. The van der Waals surface area contributed by atoms with E-state index in [4.69, 9.17) is 4.74 Å². The fraction of sp³-hybridized carbons (Fsp3) is 0.650. The van der Waals surface area contributed by atoms with Gasteiger partial charge in [-0.3, -0.25) is 4.79 Å². The van der Waals surface area contributed by atoms with E-state index in [1.165, 1.54) is 57.8 Å². The Labute approximate surface area is 162 Å². The molecule has 0 bridgehead atoms. The maximum absolute atomic E-state index is 12.4. The van der Waals surface area contributed by atoms with Gasteiger partial charge < -0.3 is 10.1 Å². The number of carbonyl (C=O) groups is 1. The SMILES string of the molecule is COc1ccc(S(=O)(=O)N[C@@H](C)C(=O)NCC2CC2C2CCCCC2)cc1. The Bertz CT molecular complexity index is 742. The molecule has 3 atom stereocenters. The molecule has 1 amide bonds. The molecular weight excluding hydrogens is 364 g/mol. The van der Waals surface area contributed by atoms with Crippen LogP contribution in [0.1, 0.15) is 45.4 Å². The van der Waals surface area contributed by atoms with Crippen molar-refractivity contribution in [2.45, 2.75) is 56.4 Å². The number of amides is 1. The first-order valence-corrected chi connectivity index (χ1v) is 11.3. The van der Waals surface area contributed by atoms with Crippen molar-refractivity contribution in [3.05, 3.63) is 24.3 Å². The van der Waals surface area contributed by atoms with Crippen LogP contribution in [-0.2, 0) is 14.8 Å². The van der Waals surface area contributed by atoms with Gasteiger partial charge in [-0.15, -0.1) is 0 Å². The van der Waals surface area contributed by atoms with Crippen LogP contribution in [0, 0.1) is 17.8 Å². The molecule has 0 spiro atoms. The third-order valence-electron chi connectivity index (χ3n) is 5.87. The van der Waals surface area contributed by atoms with Crippen molar-refractivity contribution in [1.82, 2.24) is 10.0 Å². The van der Waals surface area contributed by atoms with Crippen LogP contribution in [0.4, 0.5) is 0 Å². The average molecular weight is 395 g/mol. The molecule has 2 aliphatic carbocycles. The Hall–Kier alpha value is -1.60. The molecule has 0 heterocycles. The van der Waals surface area contributed by atoms with Gasteiger partial charge in [0.15, 0.2) is 0 Å². The predicted octanol–water partition coefficient (Wildman–Crippen LogP) is 2.69. The van der Waals surface area contributed by atoms with Crippen LogP contribution in [0.15, 0.2) is 29.2 Å². The minimum absolute atomic E-state index is 0.113. The van der Waals surface area contributed by atoms with E-state index >= 15 is 0 Å². The van der Waals surface area contributed by atoms with E-state index in [9.17, 15) is 13.2 Å². The van der Waals surface area contributed by atoms with Crippen LogP contribution in [0.2, 0.25) is 0 Å². The van der Waals surface area contributed by atoms with E-state index in [-0.39, 0.29) is 10.8 Å². The second kappa shape index (κ2) is 8.61. The fourth-order valence-electron chi connectivity index (χ4n) is 4.14. The first-order chi connectivity index (χ1) is 12.9. The van der Waals surface area contributed by atoms with E-state index < -0.39 is 16.1 Å². The zero-order chi connectivity index (χ0) is 19.4. The summed E-state index contributed by atoms with van der Waals surface area (Å²) in [5.74, 6) is 2.43. The second-order valence-corrected chi connectivity index (χ2v) is 9.54. The van der Waals surface area contributed by atoms with Gasteiger partial charge >= 0.3 is 0 Å². The van der Waals surface area contributed by atoms with E-state index in [1.807, 2.05) is 0 Å². The van der Waals surface area contributed by atoms with Crippen LogP contribution in [0.25, 0.3) is 0 Å². The highest BCUT2D eigenvalue weighted by atomic mass is 32.2. The summed E-state index contributed by atoms with van der Waals surface area (Å²) in [6.45, 7) is 2.22. The summed E-state index contributed by atoms with van der Waals surface area (Å²) < 4.78 is 32.3.